The molecule has 0 aliphatic carbocycles. The molecule has 0 heterocycles. The minimum absolute atomic E-state index is 0.138. The SMILES string of the molecule is COCC(O)CNCC(=O)O. The number of aliphatic carboxylic acids is 1. The Bertz CT molecular complexity index is 117. The van der Waals surface area contributed by atoms with E-state index in [9.17, 15) is 4.79 Å². The average Bonchev–Trinajstić information content (AvgIpc) is 1.87. The van der Waals surface area contributed by atoms with Crippen molar-refractivity contribution >= 4 is 5.97 Å². The zero-order valence-corrected chi connectivity index (χ0v) is 6.41. The van der Waals surface area contributed by atoms with E-state index in [0.717, 1.165) is 0 Å². The van der Waals surface area contributed by atoms with Crippen LogP contribution in [-0.2, 0) is 9.53 Å². The highest BCUT2D eigenvalue weighted by Crippen LogP contribution is 1.79. The van der Waals surface area contributed by atoms with Crippen LogP contribution in [-0.4, -0.2) is 49.1 Å². The smallest absolute Gasteiger partial charge is 0.317 e. The van der Waals surface area contributed by atoms with Gasteiger partial charge in [0.1, 0.15) is 0 Å². The summed E-state index contributed by atoms with van der Waals surface area (Å²) in [4.78, 5) is 9.96. The summed E-state index contributed by atoms with van der Waals surface area (Å²) in [7, 11) is 1.47. The standard InChI is InChI=1S/C6H13NO4/c1-11-4-5(8)2-7-3-6(9)10/h5,7-8H,2-4H2,1H3,(H,9,10). The highest BCUT2D eigenvalue weighted by molar-refractivity contribution is 5.68. The molecule has 11 heavy (non-hydrogen) atoms. The Morgan fingerprint density at radius 1 is 1.73 bits per heavy atom. The van der Waals surface area contributed by atoms with Crippen molar-refractivity contribution in [3.8, 4) is 0 Å². The van der Waals surface area contributed by atoms with Gasteiger partial charge in [-0.1, -0.05) is 0 Å². The molecular weight excluding hydrogens is 150 g/mol. The van der Waals surface area contributed by atoms with Gasteiger partial charge in [0.25, 0.3) is 0 Å². The maximum Gasteiger partial charge on any atom is 0.317 e. The second kappa shape index (κ2) is 6.09. The van der Waals surface area contributed by atoms with Crippen LogP contribution in [0.1, 0.15) is 0 Å². The molecule has 0 saturated carbocycles. The predicted molar refractivity (Wildman–Crippen MR) is 38.4 cm³/mol. The highest BCUT2D eigenvalue weighted by atomic mass is 16.5. The average molecular weight is 163 g/mol. The van der Waals surface area contributed by atoms with Crippen LogP contribution in [0.5, 0.6) is 0 Å². The number of hydrogen-bond acceptors (Lipinski definition) is 4. The lowest BCUT2D eigenvalue weighted by atomic mass is 10.4. The van der Waals surface area contributed by atoms with Crippen molar-refractivity contribution in [3.05, 3.63) is 0 Å². The van der Waals surface area contributed by atoms with Gasteiger partial charge in [0.05, 0.1) is 19.3 Å². The van der Waals surface area contributed by atoms with Crippen LogP contribution >= 0.6 is 0 Å². The van der Waals surface area contributed by atoms with E-state index in [1.54, 1.807) is 0 Å². The number of carboxylic acids is 1. The van der Waals surface area contributed by atoms with E-state index in [1.807, 2.05) is 0 Å². The third-order valence-corrected chi connectivity index (χ3v) is 1.02. The number of carbonyl (C=O) groups is 1. The number of rotatable bonds is 6. The van der Waals surface area contributed by atoms with Crippen molar-refractivity contribution in [1.29, 1.82) is 0 Å². The van der Waals surface area contributed by atoms with Gasteiger partial charge >= 0.3 is 5.97 Å². The molecular formula is C6H13NO4. The normalized spacial score (nSPS) is 12.9. The van der Waals surface area contributed by atoms with E-state index in [4.69, 9.17) is 10.2 Å². The summed E-state index contributed by atoms with van der Waals surface area (Å²) in [5.74, 6) is -0.936. The molecule has 0 spiro atoms. The minimum atomic E-state index is -0.936. The molecule has 66 valence electrons. The molecule has 1 unspecified atom stereocenters. The van der Waals surface area contributed by atoms with Crippen LogP contribution in [0.25, 0.3) is 0 Å². The highest BCUT2D eigenvalue weighted by Gasteiger charge is 2.02. The summed E-state index contributed by atoms with van der Waals surface area (Å²) in [6, 6.07) is 0. The van der Waals surface area contributed by atoms with E-state index >= 15 is 0 Å². The van der Waals surface area contributed by atoms with Crippen molar-refractivity contribution < 1.29 is 19.7 Å². The van der Waals surface area contributed by atoms with Crippen molar-refractivity contribution in [2.24, 2.45) is 0 Å². The van der Waals surface area contributed by atoms with Gasteiger partial charge in [-0.15, -0.1) is 0 Å². The van der Waals surface area contributed by atoms with E-state index in [1.165, 1.54) is 7.11 Å². The van der Waals surface area contributed by atoms with Gasteiger partial charge in [-0.2, -0.15) is 0 Å². The van der Waals surface area contributed by atoms with Crippen LogP contribution < -0.4 is 5.32 Å². The molecule has 0 aliphatic heterocycles. The molecule has 0 radical (unpaired) electrons. The molecule has 0 bridgehead atoms. The van der Waals surface area contributed by atoms with Gasteiger partial charge in [-0.05, 0) is 0 Å². The lowest BCUT2D eigenvalue weighted by Gasteiger charge is -2.08. The molecule has 3 N–H and O–H groups in total. The lowest BCUT2D eigenvalue weighted by Crippen LogP contribution is -2.33. The Balaban J connectivity index is 3.16. The largest absolute Gasteiger partial charge is 0.480 e. The molecule has 0 aromatic carbocycles. The van der Waals surface area contributed by atoms with E-state index in [-0.39, 0.29) is 19.7 Å². The van der Waals surface area contributed by atoms with Crippen LogP contribution in [0.4, 0.5) is 0 Å². The number of aliphatic hydroxyl groups is 1. The number of carboxylic acid groups (broad SMARTS) is 1. The van der Waals surface area contributed by atoms with Crippen molar-refractivity contribution in [2.45, 2.75) is 6.10 Å². The summed E-state index contributed by atoms with van der Waals surface area (Å²) < 4.78 is 4.62. The lowest BCUT2D eigenvalue weighted by molar-refractivity contribution is -0.136. The third-order valence-electron chi connectivity index (χ3n) is 1.02. The number of ether oxygens (including phenoxy) is 1. The first-order valence-corrected chi connectivity index (χ1v) is 3.26. The number of aliphatic hydroxyl groups excluding tert-OH is 1. The number of nitrogens with one attached hydrogen (secondary N) is 1. The number of methoxy groups -OCH3 is 1. The van der Waals surface area contributed by atoms with Gasteiger partial charge < -0.3 is 20.3 Å². The Morgan fingerprint density at radius 3 is 2.82 bits per heavy atom. The fourth-order valence-electron chi connectivity index (χ4n) is 0.597. The fourth-order valence-corrected chi connectivity index (χ4v) is 0.597. The summed E-state index contributed by atoms with van der Waals surface area (Å²) in [6.07, 6.45) is -0.639. The van der Waals surface area contributed by atoms with Crippen LogP contribution in [0.3, 0.4) is 0 Å². The first-order chi connectivity index (χ1) is 5.16. The summed E-state index contributed by atoms with van der Waals surface area (Å²) in [5.41, 5.74) is 0. The maximum atomic E-state index is 9.96. The monoisotopic (exact) mass is 163 g/mol. The first kappa shape index (κ1) is 10.3. The predicted octanol–water partition coefficient (Wildman–Crippen LogP) is -1.33. The molecule has 0 amide bonds. The van der Waals surface area contributed by atoms with E-state index in [0.29, 0.717) is 0 Å². The molecule has 1 atom stereocenters. The second-order valence-electron chi connectivity index (χ2n) is 2.13. The first-order valence-electron chi connectivity index (χ1n) is 3.26. The summed E-state index contributed by atoms with van der Waals surface area (Å²) >= 11 is 0. The molecule has 5 heteroatoms. The minimum Gasteiger partial charge on any atom is -0.480 e. The van der Waals surface area contributed by atoms with Crippen molar-refractivity contribution in [3.63, 3.8) is 0 Å². The summed E-state index contributed by atoms with van der Waals surface area (Å²) in [5, 5.41) is 19.7. The van der Waals surface area contributed by atoms with Crippen molar-refractivity contribution in [1.82, 2.24) is 5.32 Å². The maximum absolute atomic E-state index is 9.96. The van der Waals surface area contributed by atoms with Gasteiger partial charge in [0, 0.05) is 13.7 Å². The Kier molecular flexibility index (Phi) is 5.73. The molecule has 0 saturated heterocycles. The molecule has 0 aromatic rings. The molecule has 5 nitrogen and oxygen atoms in total. The molecule has 0 aromatic heterocycles. The van der Waals surface area contributed by atoms with Crippen LogP contribution in [0.2, 0.25) is 0 Å². The van der Waals surface area contributed by atoms with E-state index < -0.39 is 12.1 Å². The van der Waals surface area contributed by atoms with Crippen molar-refractivity contribution in [2.75, 3.05) is 26.8 Å². The van der Waals surface area contributed by atoms with Gasteiger partial charge in [0.15, 0.2) is 0 Å². The third kappa shape index (κ3) is 7.24. The van der Waals surface area contributed by atoms with E-state index in [2.05, 4.69) is 10.1 Å². The van der Waals surface area contributed by atoms with Gasteiger partial charge in [-0.25, -0.2) is 0 Å². The van der Waals surface area contributed by atoms with Crippen LogP contribution in [0.15, 0.2) is 0 Å². The Morgan fingerprint density at radius 2 is 2.36 bits per heavy atom. The van der Waals surface area contributed by atoms with Gasteiger partial charge in [-0.3, -0.25) is 4.79 Å². The molecule has 0 fully saturated rings. The van der Waals surface area contributed by atoms with Gasteiger partial charge in [0.2, 0.25) is 0 Å². The molecule has 0 rings (SSSR count). The Hall–Kier alpha value is -0.650. The summed E-state index contributed by atoms with van der Waals surface area (Å²) in [6.45, 7) is 0.313. The number of hydrogen-bond donors (Lipinski definition) is 3. The zero-order valence-electron chi connectivity index (χ0n) is 6.41. The topological polar surface area (TPSA) is 78.8 Å². The molecule has 0 aliphatic rings. The van der Waals surface area contributed by atoms with Crippen LogP contribution in [0, 0.1) is 0 Å². The quantitative estimate of drug-likeness (QED) is 0.452. The Labute approximate surface area is 65.0 Å². The second-order valence-corrected chi connectivity index (χ2v) is 2.13. The fraction of sp³-hybridized carbons (Fsp3) is 0.833. The zero-order chi connectivity index (χ0) is 8.69.